The van der Waals surface area contributed by atoms with Crippen molar-refractivity contribution in [1.82, 2.24) is 10.2 Å². The first-order valence-corrected chi connectivity index (χ1v) is 14.5. The summed E-state index contributed by atoms with van der Waals surface area (Å²) in [6.45, 7) is 4.27. The molecule has 0 heterocycles. The summed E-state index contributed by atoms with van der Waals surface area (Å²) in [6, 6.07) is 24.7. The summed E-state index contributed by atoms with van der Waals surface area (Å²) in [4.78, 5) is 28.9. The van der Waals surface area contributed by atoms with Crippen LogP contribution in [0.25, 0.3) is 0 Å². The van der Waals surface area contributed by atoms with Gasteiger partial charge in [-0.05, 0) is 42.2 Å². The van der Waals surface area contributed by atoms with Crippen LogP contribution >= 0.6 is 35.0 Å². The maximum Gasteiger partial charge on any atom is 0.243 e. The Morgan fingerprint density at radius 2 is 1.54 bits per heavy atom. The van der Waals surface area contributed by atoms with Gasteiger partial charge in [-0.15, -0.1) is 0 Å². The van der Waals surface area contributed by atoms with Crippen LogP contribution in [0.2, 0.25) is 10.0 Å². The highest BCUT2D eigenvalue weighted by atomic mass is 35.5. The van der Waals surface area contributed by atoms with Crippen LogP contribution < -0.4 is 5.32 Å². The van der Waals surface area contributed by atoms with Crippen LogP contribution in [0, 0.1) is 0 Å². The van der Waals surface area contributed by atoms with E-state index in [-0.39, 0.29) is 24.4 Å². The Morgan fingerprint density at radius 1 is 0.892 bits per heavy atom. The Bertz CT molecular complexity index is 1140. The lowest BCUT2D eigenvalue weighted by atomic mass is 10.0. The molecule has 0 saturated heterocycles. The van der Waals surface area contributed by atoms with Gasteiger partial charge in [-0.2, -0.15) is 11.8 Å². The molecule has 2 atom stereocenters. The Hall–Kier alpha value is -2.47. The first-order valence-electron chi connectivity index (χ1n) is 12.6. The minimum absolute atomic E-state index is 0.00845. The van der Waals surface area contributed by atoms with Crippen molar-refractivity contribution in [3.05, 3.63) is 106 Å². The molecule has 0 aliphatic rings. The summed E-state index contributed by atoms with van der Waals surface area (Å²) in [6.07, 6.45) is 1.56. The minimum atomic E-state index is -0.655. The third kappa shape index (κ3) is 9.41. The molecular weight excluding hydrogens is 523 g/mol. The number of halogens is 2. The number of benzene rings is 3. The molecule has 3 rings (SSSR count). The molecule has 0 spiro atoms. The maximum atomic E-state index is 13.7. The third-order valence-corrected chi connectivity index (χ3v) is 7.95. The van der Waals surface area contributed by atoms with Crippen LogP contribution in [0.15, 0.2) is 78.9 Å². The second-order valence-corrected chi connectivity index (χ2v) is 11.0. The van der Waals surface area contributed by atoms with Crippen molar-refractivity contribution in [2.24, 2.45) is 0 Å². The van der Waals surface area contributed by atoms with Gasteiger partial charge in [0.1, 0.15) is 6.04 Å². The zero-order chi connectivity index (χ0) is 26.6. The van der Waals surface area contributed by atoms with Gasteiger partial charge in [-0.25, -0.2) is 0 Å². The fourth-order valence-corrected chi connectivity index (χ4v) is 5.11. The zero-order valence-corrected chi connectivity index (χ0v) is 23.7. The van der Waals surface area contributed by atoms with E-state index in [0.717, 1.165) is 23.3 Å². The lowest BCUT2D eigenvalue weighted by molar-refractivity contribution is -0.141. The van der Waals surface area contributed by atoms with Crippen LogP contribution in [0.5, 0.6) is 0 Å². The molecule has 7 heteroatoms. The number of carbonyl (C=O) groups is 2. The number of nitrogens with one attached hydrogen (secondary N) is 1. The van der Waals surface area contributed by atoms with E-state index in [9.17, 15) is 9.59 Å². The number of hydrogen-bond acceptors (Lipinski definition) is 3. The molecule has 37 heavy (non-hydrogen) atoms. The number of amides is 2. The summed E-state index contributed by atoms with van der Waals surface area (Å²) < 4.78 is 0. The normalized spacial score (nSPS) is 12.5. The van der Waals surface area contributed by atoms with Crippen molar-refractivity contribution < 1.29 is 9.59 Å². The number of nitrogens with zero attached hydrogens (tertiary/aromatic N) is 1. The van der Waals surface area contributed by atoms with Crippen molar-refractivity contribution in [3.63, 3.8) is 0 Å². The summed E-state index contributed by atoms with van der Waals surface area (Å²) >= 11 is 14.1. The van der Waals surface area contributed by atoms with Gasteiger partial charge < -0.3 is 10.2 Å². The maximum absolute atomic E-state index is 13.7. The van der Waals surface area contributed by atoms with Crippen molar-refractivity contribution in [1.29, 1.82) is 0 Å². The number of thioether (sulfide) groups is 1. The molecule has 2 amide bonds. The molecular formula is C30H34Cl2N2O2S. The smallest absolute Gasteiger partial charge is 0.243 e. The minimum Gasteiger partial charge on any atom is -0.352 e. The second kappa shape index (κ2) is 15.1. The van der Waals surface area contributed by atoms with E-state index < -0.39 is 6.04 Å². The summed E-state index contributed by atoms with van der Waals surface area (Å²) in [5.41, 5.74) is 3.05. The second-order valence-electron chi connectivity index (χ2n) is 9.08. The van der Waals surface area contributed by atoms with Crippen LogP contribution in [-0.4, -0.2) is 34.6 Å². The average molecular weight is 558 g/mol. The molecule has 0 saturated carbocycles. The fraction of sp³-hybridized carbons (Fsp3) is 0.333. The van der Waals surface area contributed by atoms with Gasteiger partial charge in [0.2, 0.25) is 11.8 Å². The van der Waals surface area contributed by atoms with Gasteiger partial charge in [0.25, 0.3) is 0 Å². The van der Waals surface area contributed by atoms with Crippen molar-refractivity contribution in [2.75, 3.05) is 5.75 Å². The van der Waals surface area contributed by atoms with E-state index in [1.807, 2.05) is 68.4 Å². The molecule has 4 nitrogen and oxygen atoms in total. The van der Waals surface area contributed by atoms with Gasteiger partial charge in [-0.3, -0.25) is 9.59 Å². The average Bonchev–Trinajstić information content (AvgIpc) is 2.91. The van der Waals surface area contributed by atoms with Crippen molar-refractivity contribution >= 4 is 46.8 Å². The fourth-order valence-electron chi connectivity index (χ4n) is 3.90. The number of carbonyl (C=O) groups excluding carboxylic acids is 2. The van der Waals surface area contributed by atoms with E-state index in [4.69, 9.17) is 23.2 Å². The molecule has 3 aromatic rings. The highest BCUT2D eigenvalue weighted by Crippen LogP contribution is 2.25. The molecule has 0 radical (unpaired) electrons. The van der Waals surface area contributed by atoms with E-state index in [0.29, 0.717) is 28.6 Å². The zero-order valence-electron chi connectivity index (χ0n) is 21.3. The quantitative estimate of drug-likeness (QED) is 0.227. The number of hydrogen-bond donors (Lipinski definition) is 1. The van der Waals surface area contributed by atoms with Gasteiger partial charge >= 0.3 is 0 Å². The van der Waals surface area contributed by atoms with Crippen molar-refractivity contribution in [3.8, 4) is 0 Å². The Labute approximate surface area is 234 Å². The van der Waals surface area contributed by atoms with Crippen LogP contribution in [0.1, 0.15) is 43.4 Å². The van der Waals surface area contributed by atoms with E-state index in [1.54, 1.807) is 28.8 Å². The van der Waals surface area contributed by atoms with Crippen LogP contribution in [0.4, 0.5) is 0 Å². The Kier molecular flexibility index (Phi) is 11.8. The molecule has 3 aromatic carbocycles. The lowest BCUT2D eigenvalue weighted by Gasteiger charge is -2.32. The summed E-state index contributed by atoms with van der Waals surface area (Å²) in [7, 11) is 0. The van der Waals surface area contributed by atoms with Crippen LogP contribution in [-0.2, 0) is 28.3 Å². The van der Waals surface area contributed by atoms with Crippen LogP contribution in [0.3, 0.4) is 0 Å². The number of rotatable bonds is 13. The topological polar surface area (TPSA) is 49.4 Å². The van der Waals surface area contributed by atoms with E-state index >= 15 is 0 Å². The van der Waals surface area contributed by atoms with Gasteiger partial charge in [0, 0.05) is 36.9 Å². The summed E-state index contributed by atoms with van der Waals surface area (Å²) in [5, 5.41) is 3.97. The van der Waals surface area contributed by atoms with E-state index in [1.165, 1.54) is 5.56 Å². The highest BCUT2D eigenvalue weighted by molar-refractivity contribution is 7.98. The van der Waals surface area contributed by atoms with E-state index in [2.05, 4.69) is 17.4 Å². The van der Waals surface area contributed by atoms with Crippen molar-refractivity contribution in [2.45, 2.75) is 57.5 Å². The standard InChI is InChI=1S/C30H34Cl2N2O2S/c1-3-22(2)33-30(36)28(19-23-10-6-4-7-11-23)34(20-25-14-15-26(31)27(32)18-25)29(35)16-17-37-21-24-12-8-5-9-13-24/h4-15,18,22,28H,3,16-17,19-21H2,1-2H3,(H,33,36). The monoisotopic (exact) mass is 556 g/mol. The first-order chi connectivity index (χ1) is 17.9. The molecule has 0 aromatic heterocycles. The summed E-state index contributed by atoms with van der Waals surface area (Å²) in [5.74, 6) is 1.29. The Morgan fingerprint density at radius 3 is 2.16 bits per heavy atom. The molecule has 0 aliphatic heterocycles. The SMILES string of the molecule is CCC(C)NC(=O)C(Cc1ccccc1)N(Cc1ccc(Cl)c(Cl)c1)C(=O)CCSCc1ccccc1. The van der Waals surface area contributed by atoms with Gasteiger partial charge in [0.05, 0.1) is 10.0 Å². The highest BCUT2D eigenvalue weighted by Gasteiger charge is 2.30. The molecule has 1 N–H and O–H groups in total. The predicted molar refractivity (Wildman–Crippen MR) is 156 cm³/mol. The molecule has 0 bridgehead atoms. The van der Waals surface area contributed by atoms with Gasteiger partial charge in [-0.1, -0.05) is 96.9 Å². The third-order valence-electron chi connectivity index (χ3n) is 6.18. The predicted octanol–water partition coefficient (Wildman–Crippen LogP) is 7.17. The van der Waals surface area contributed by atoms with Gasteiger partial charge in [0.15, 0.2) is 0 Å². The molecule has 196 valence electrons. The Balaban J connectivity index is 1.83. The largest absolute Gasteiger partial charge is 0.352 e. The lowest BCUT2D eigenvalue weighted by Crippen LogP contribution is -2.52. The molecule has 0 fully saturated rings. The first kappa shape index (κ1) is 29.1. The molecule has 0 aliphatic carbocycles. The molecule has 2 unspecified atom stereocenters.